The van der Waals surface area contributed by atoms with Crippen LogP contribution in [0.25, 0.3) is 6.08 Å². The number of halogens is 1. The van der Waals surface area contributed by atoms with Crippen LogP contribution < -0.4 is 14.4 Å². The Morgan fingerprint density at radius 2 is 1.50 bits per heavy atom. The lowest BCUT2D eigenvalue weighted by Gasteiger charge is -2.37. The van der Waals surface area contributed by atoms with Crippen LogP contribution >= 0.6 is 11.6 Å². The number of rotatable bonds is 5. The van der Waals surface area contributed by atoms with Crippen LogP contribution in [0.3, 0.4) is 0 Å². The average Bonchev–Trinajstić information content (AvgIpc) is 3.46. The van der Waals surface area contributed by atoms with Crippen molar-refractivity contribution < 1.29 is 23.9 Å². The lowest BCUT2D eigenvalue weighted by molar-refractivity contribution is 0.0665. The highest BCUT2D eigenvalue weighted by Gasteiger charge is 2.72. The third kappa shape index (κ3) is 3.48. The Hall–Kier alpha value is -4.68. The van der Waals surface area contributed by atoms with E-state index >= 15 is 0 Å². The van der Waals surface area contributed by atoms with Crippen LogP contribution in [0.1, 0.15) is 48.1 Å². The number of benzene rings is 4. The van der Waals surface area contributed by atoms with Gasteiger partial charge in [0.15, 0.2) is 17.3 Å². The first-order valence-electron chi connectivity index (χ1n) is 13.7. The van der Waals surface area contributed by atoms with Crippen molar-refractivity contribution in [2.75, 3.05) is 19.1 Å². The molecule has 1 unspecified atom stereocenters. The molecule has 4 aromatic carbocycles. The molecule has 7 rings (SSSR count). The van der Waals surface area contributed by atoms with Gasteiger partial charge in [0.25, 0.3) is 0 Å². The van der Waals surface area contributed by atoms with Gasteiger partial charge in [-0.2, -0.15) is 0 Å². The fourth-order valence-corrected chi connectivity index (χ4v) is 7.25. The zero-order chi connectivity index (χ0) is 29.2. The number of hydrogen-bond acceptors (Lipinski definition) is 6. The first kappa shape index (κ1) is 26.2. The first-order valence-corrected chi connectivity index (χ1v) is 14.1. The standard InChI is InChI=1S/C35H26ClNO5/c1-41-23-16-17-26(28(19-23)42-2)30-31(32(38)21-11-14-22(36)15-12-21)37-27-10-6-3-7-20(27)13-18-29(37)35(30)33(39)24-8-4-5-9-25(24)34(35)40/h3-19,29-31H,1-2H3/t29?,30-,31+/m0/s1. The minimum Gasteiger partial charge on any atom is -0.497 e. The molecule has 0 saturated carbocycles. The van der Waals surface area contributed by atoms with Crippen LogP contribution in [0.2, 0.25) is 5.02 Å². The van der Waals surface area contributed by atoms with E-state index in [2.05, 4.69) is 0 Å². The van der Waals surface area contributed by atoms with E-state index in [0.717, 1.165) is 11.3 Å². The number of methoxy groups -OCH3 is 2. The summed E-state index contributed by atoms with van der Waals surface area (Å²) in [5, 5.41) is 0.503. The molecule has 2 heterocycles. The largest absolute Gasteiger partial charge is 0.497 e. The van der Waals surface area contributed by atoms with E-state index in [9.17, 15) is 14.4 Å². The lowest BCUT2D eigenvalue weighted by atomic mass is 9.64. The normalized spacial score (nSPS) is 21.2. The SMILES string of the molecule is COc1ccc([C@H]2[C@H](C(=O)c3ccc(Cl)cc3)N3c4ccccc4C=CC3C23C(=O)c2ccccc2C3=O)c(OC)c1. The fourth-order valence-electron chi connectivity index (χ4n) is 7.12. The third-order valence-corrected chi connectivity index (χ3v) is 9.14. The molecule has 2 aliphatic heterocycles. The maximum absolute atomic E-state index is 14.8. The van der Waals surface area contributed by atoms with Gasteiger partial charge in [0.2, 0.25) is 0 Å². The number of ether oxygens (including phenoxy) is 2. The number of carbonyl (C=O) groups is 3. The summed E-state index contributed by atoms with van der Waals surface area (Å²) in [6, 6.07) is 25.0. The molecule has 208 valence electrons. The summed E-state index contributed by atoms with van der Waals surface area (Å²) >= 11 is 6.19. The highest BCUT2D eigenvalue weighted by Crippen LogP contribution is 2.62. The Bertz CT molecular complexity index is 1780. The van der Waals surface area contributed by atoms with E-state index in [4.69, 9.17) is 21.1 Å². The summed E-state index contributed by atoms with van der Waals surface area (Å²) in [6.07, 6.45) is 3.85. The quantitative estimate of drug-likeness (QED) is 0.195. The molecule has 0 amide bonds. The Balaban J connectivity index is 1.57. The van der Waals surface area contributed by atoms with E-state index in [0.29, 0.717) is 38.8 Å². The molecule has 0 radical (unpaired) electrons. The minimum atomic E-state index is -1.62. The van der Waals surface area contributed by atoms with Crippen molar-refractivity contribution in [3.05, 3.63) is 130 Å². The van der Waals surface area contributed by atoms with Crippen molar-refractivity contribution in [2.45, 2.75) is 18.0 Å². The molecule has 1 fully saturated rings. The van der Waals surface area contributed by atoms with Crippen LogP contribution in [0.4, 0.5) is 5.69 Å². The number of carbonyl (C=O) groups excluding carboxylic acids is 3. The summed E-state index contributed by atoms with van der Waals surface area (Å²) < 4.78 is 11.3. The van der Waals surface area contributed by atoms with Crippen molar-refractivity contribution in [3.63, 3.8) is 0 Å². The van der Waals surface area contributed by atoms with Crippen molar-refractivity contribution in [1.82, 2.24) is 0 Å². The number of fused-ring (bicyclic) bond motifs is 5. The van der Waals surface area contributed by atoms with Gasteiger partial charge in [-0.25, -0.2) is 0 Å². The van der Waals surface area contributed by atoms with Crippen molar-refractivity contribution in [2.24, 2.45) is 5.41 Å². The molecule has 1 saturated heterocycles. The number of ketones is 3. The van der Waals surface area contributed by atoms with Crippen molar-refractivity contribution in [1.29, 1.82) is 0 Å². The van der Waals surface area contributed by atoms with Crippen LogP contribution in [-0.4, -0.2) is 43.7 Å². The molecule has 1 spiro atoms. The molecule has 1 aliphatic carbocycles. The Morgan fingerprint density at radius 1 is 0.833 bits per heavy atom. The van der Waals surface area contributed by atoms with Crippen LogP contribution in [0.15, 0.2) is 97.1 Å². The predicted molar refractivity (Wildman–Crippen MR) is 161 cm³/mol. The molecule has 0 bridgehead atoms. The smallest absolute Gasteiger partial charge is 0.185 e. The summed E-state index contributed by atoms with van der Waals surface area (Å²) in [4.78, 5) is 46.3. The molecule has 42 heavy (non-hydrogen) atoms. The molecular weight excluding hydrogens is 550 g/mol. The van der Waals surface area contributed by atoms with Crippen molar-refractivity contribution >= 4 is 40.7 Å². The predicted octanol–water partition coefficient (Wildman–Crippen LogP) is 6.67. The molecule has 3 atom stereocenters. The molecule has 6 nitrogen and oxygen atoms in total. The zero-order valence-corrected chi connectivity index (χ0v) is 23.7. The second-order valence-corrected chi connectivity index (χ2v) is 11.2. The van der Waals surface area contributed by atoms with Gasteiger partial charge in [-0.05, 0) is 42.0 Å². The first-order chi connectivity index (χ1) is 20.4. The van der Waals surface area contributed by atoms with Gasteiger partial charge < -0.3 is 14.4 Å². The Labute approximate surface area is 248 Å². The van der Waals surface area contributed by atoms with Gasteiger partial charge >= 0.3 is 0 Å². The van der Waals surface area contributed by atoms with E-state index in [1.165, 1.54) is 7.11 Å². The van der Waals surface area contributed by atoms with E-state index in [1.807, 2.05) is 47.4 Å². The van der Waals surface area contributed by atoms with Gasteiger partial charge in [-0.1, -0.05) is 72.3 Å². The van der Waals surface area contributed by atoms with Gasteiger partial charge in [0.05, 0.1) is 20.3 Å². The van der Waals surface area contributed by atoms with Gasteiger partial charge in [0, 0.05) is 44.9 Å². The summed E-state index contributed by atoms with van der Waals surface area (Å²) in [5.74, 6) is -0.722. The molecule has 0 aromatic heterocycles. The topological polar surface area (TPSA) is 72.9 Å². The minimum absolute atomic E-state index is 0.224. The third-order valence-electron chi connectivity index (χ3n) is 8.89. The van der Waals surface area contributed by atoms with Gasteiger partial charge in [0.1, 0.15) is 23.0 Å². The Morgan fingerprint density at radius 3 is 2.17 bits per heavy atom. The molecule has 3 aliphatic rings. The number of Topliss-reactive ketones (excluding diaryl/α,β-unsaturated/α-hetero) is 3. The summed E-state index contributed by atoms with van der Waals surface area (Å²) in [7, 11) is 3.09. The molecule has 4 aromatic rings. The number of anilines is 1. The Kier molecular flexibility index (Phi) is 6.06. The second kappa shape index (κ2) is 9.71. The van der Waals surface area contributed by atoms with E-state index < -0.39 is 23.4 Å². The maximum atomic E-state index is 14.8. The number of para-hydroxylation sites is 1. The zero-order valence-electron chi connectivity index (χ0n) is 22.9. The van der Waals surface area contributed by atoms with Crippen LogP contribution in [0, 0.1) is 5.41 Å². The van der Waals surface area contributed by atoms with Crippen LogP contribution in [-0.2, 0) is 0 Å². The number of nitrogens with zero attached hydrogens (tertiary/aromatic N) is 1. The molecular formula is C35H26ClNO5. The number of hydrogen-bond donors (Lipinski definition) is 0. The van der Waals surface area contributed by atoms with E-state index in [-0.39, 0.29) is 17.3 Å². The van der Waals surface area contributed by atoms with Gasteiger partial charge in [-0.3, -0.25) is 14.4 Å². The van der Waals surface area contributed by atoms with E-state index in [1.54, 1.807) is 67.8 Å². The average molecular weight is 576 g/mol. The monoisotopic (exact) mass is 575 g/mol. The summed E-state index contributed by atoms with van der Waals surface area (Å²) in [6.45, 7) is 0. The maximum Gasteiger partial charge on any atom is 0.185 e. The highest BCUT2D eigenvalue weighted by atomic mass is 35.5. The molecule has 0 N–H and O–H groups in total. The lowest BCUT2D eigenvalue weighted by Crippen LogP contribution is -2.48. The second-order valence-electron chi connectivity index (χ2n) is 10.7. The highest BCUT2D eigenvalue weighted by molar-refractivity contribution is 6.32. The fraction of sp³-hybridized carbons (Fsp3) is 0.171. The van der Waals surface area contributed by atoms with Gasteiger partial charge in [-0.15, -0.1) is 0 Å². The molecule has 7 heteroatoms. The summed E-state index contributed by atoms with van der Waals surface area (Å²) in [5.41, 5.74) is 1.81. The van der Waals surface area contributed by atoms with Crippen LogP contribution in [0.5, 0.6) is 11.5 Å². The van der Waals surface area contributed by atoms with Crippen molar-refractivity contribution in [3.8, 4) is 11.5 Å².